The maximum absolute atomic E-state index is 12.4. The summed E-state index contributed by atoms with van der Waals surface area (Å²) in [4.78, 5) is 0. The smallest absolute Gasteiger partial charge is 0.137 e. The number of hydrogen-bond acceptors (Lipinski definition) is 2. The molecule has 1 unspecified atom stereocenters. The van der Waals surface area contributed by atoms with E-state index >= 15 is 0 Å². The molecule has 79 valence electrons. The number of benzene rings is 1. The van der Waals surface area contributed by atoms with Crippen LogP contribution in [-0.2, 0) is 0 Å². The summed E-state index contributed by atoms with van der Waals surface area (Å²) in [5.41, 5.74) is 1.21. The second-order valence-electron chi connectivity index (χ2n) is 3.15. The van der Waals surface area contributed by atoms with Crippen LogP contribution in [0.4, 0.5) is 4.39 Å². The van der Waals surface area contributed by atoms with Gasteiger partial charge < -0.3 is 4.74 Å². The number of halogens is 1. The summed E-state index contributed by atoms with van der Waals surface area (Å²) in [6.45, 7) is 5.47. The first-order chi connectivity index (χ1) is 7.22. The second-order valence-corrected chi connectivity index (χ2v) is 3.15. The molecule has 0 aliphatic carbocycles. The largest absolute Gasteiger partial charge is 0.492 e. The first-order valence-electron chi connectivity index (χ1n) is 4.78. The number of nitrogens with zero attached hydrogens (tertiary/aromatic N) is 1. The number of nitriles is 1. The zero-order valence-electron chi connectivity index (χ0n) is 8.66. The minimum atomic E-state index is -0.516. The Morgan fingerprint density at radius 1 is 1.60 bits per heavy atom. The van der Waals surface area contributed by atoms with E-state index in [1.807, 2.05) is 13.0 Å². The van der Waals surface area contributed by atoms with Crippen molar-refractivity contribution in [3.63, 3.8) is 0 Å². The molecule has 0 aliphatic rings. The van der Waals surface area contributed by atoms with Crippen LogP contribution in [-0.4, -0.2) is 13.3 Å². The van der Waals surface area contributed by atoms with E-state index in [0.29, 0.717) is 17.9 Å². The first kappa shape index (κ1) is 11.5. The molecule has 1 atom stereocenters. The standard InChI is InChI=1S/C12H13FNO/c1-3-15-12-6-10(9(2)7-13)4-5-11(12)8-14/h4-6,9H,2-3,7H2,1H3. The van der Waals surface area contributed by atoms with Crippen molar-refractivity contribution in [2.75, 3.05) is 13.3 Å². The number of rotatable bonds is 4. The normalized spacial score (nSPS) is 11.9. The van der Waals surface area contributed by atoms with Crippen LogP contribution in [0.2, 0.25) is 0 Å². The molecule has 1 rings (SSSR count). The second kappa shape index (κ2) is 5.35. The fraction of sp³-hybridized carbons (Fsp3) is 0.333. The highest BCUT2D eigenvalue weighted by Gasteiger charge is 2.09. The van der Waals surface area contributed by atoms with E-state index in [2.05, 4.69) is 6.92 Å². The molecule has 1 aromatic carbocycles. The predicted molar refractivity (Wildman–Crippen MR) is 56.4 cm³/mol. The van der Waals surface area contributed by atoms with Crippen LogP contribution >= 0.6 is 0 Å². The molecule has 15 heavy (non-hydrogen) atoms. The van der Waals surface area contributed by atoms with Gasteiger partial charge >= 0.3 is 0 Å². The van der Waals surface area contributed by atoms with Gasteiger partial charge in [0, 0.05) is 5.92 Å². The molecule has 0 fully saturated rings. The Bertz CT molecular complexity index is 370. The molecule has 1 radical (unpaired) electrons. The maximum atomic E-state index is 12.4. The average Bonchev–Trinajstić information content (AvgIpc) is 2.28. The van der Waals surface area contributed by atoms with Gasteiger partial charge in [-0.05, 0) is 31.5 Å². The van der Waals surface area contributed by atoms with Crippen molar-refractivity contribution in [3.05, 3.63) is 36.2 Å². The quantitative estimate of drug-likeness (QED) is 0.758. The van der Waals surface area contributed by atoms with Gasteiger partial charge in [0.1, 0.15) is 11.8 Å². The maximum Gasteiger partial charge on any atom is 0.137 e. The van der Waals surface area contributed by atoms with E-state index in [9.17, 15) is 4.39 Å². The average molecular weight is 206 g/mol. The van der Waals surface area contributed by atoms with Gasteiger partial charge in [0.15, 0.2) is 0 Å². The van der Waals surface area contributed by atoms with Crippen LogP contribution in [0.25, 0.3) is 0 Å². The molecule has 0 N–H and O–H groups in total. The zero-order valence-corrected chi connectivity index (χ0v) is 8.66. The fourth-order valence-electron chi connectivity index (χ4n) is 1.25. The number of alkyl halides is 1. The number of hydrogen-bond donors (Lipinski definition) is 0. The lowest BCUT2D eigenvalue weighted by Crippen LogP contribution is -1.99. The van der Waals surface area contributed by atoms with Crippen molar-refractivity contribution in [2.45, 2.75) is 12.8 Å². The Labute approximate surface area is 89.3 Å². The van der Waals surface area contributed by atoms with Crippen LogP contribution < -0.4 is 4.74 Å². The van der Waals surface area contributed by atoms with Crippen molar-refractivity contribution in [1.82, 2.24) is 0 Å². The molecule has 0 aliphatic heterocycles. The highest BCUT2D eigenvalue weighted by Crippen LogP contribution is 2.24. The van der Waals surface area contributed by atoms with Crippen LogP contribution in [0, 0.1) is 18.3 Å². The van der Waals surface area contributed by atoms with Crippen LogP contribution in [0.3, 0.4) is 0 Å². The van der Waals surface area contributed by atoms with Crippen LogP contribution in [0.15, 0.2) is 18.2 Å². The first-order valence-corrected chi connectivity index (χ1v) is 4.78. The van der Waals surface area contributed by atoms with Gasteiger partial charge in [0.2, 0.25) is 0 Å². The van der Waals surface area contributed by atoms with Gasteiger partial charge in [0.05, 0.1) is 18.8 Å². The molecule has 0 heterocycles. The van der Waals surface area contributed by atoms with Crippen LogP contribution in [0.1, 0.15) is 24.0 Å². The Hall–Kier alpha value is -1.56. The molecule has 1 aromatic rings. The molecular weight excluding hydrogens is 193 g/mol. The fourth-order valence-corrected chi connectivity index (χ4v) is 1.25. The van der Waals surface area contributed by atoms with E-state index in [1.54, 1.807) is 18.2 Å². The minimum Gasteiger partial charge on any atom is -0.492 e. The third-order valence-electron chi connectivity index (χ3n) is 2.08. The van der Waals surface area contributed by atoms with Gasteiger partial charge in [-0.3, -0.25) is 4.39 Å². The Balaban J connectivity index is 3.05. The van der Waals surface area contributed by atoms with E-state index in [-0.39, 0.29) is 0 Å². The summed E-state index contributed by atoms with van der Waals surface area (Å²) in [6, 6.07) is 7.05. The zero-order chi connectivity index (χ0) is 11.3. The molecule has 0 saturated heterocycles. The van der Waals surface area contributed by atoms with E-state index in [0.717, 1.165) is 5.56 Å². The lowest BCUT2D eigenvalue weighted by Gasteiger charge is -2.11. The molecular formula is C12H13FNO. The lowest BCUT2D eigenvalue weighted by atomic mass is 10.0. The van der Waals surface area contributed by atoms with Crippen molar-refractivity contribution >= 4 is 0 Å². The molecule has 0 saturated carbocycles. The Kier molecular flexibility index (Phi) is 4.11. The predicted octanol–water partition coefficient (Wildman–Crippen LogP) is 2.84. The Morgan fingerprint density at radius 3 is 2.87 bits per heavy atom. The molecule has 3 heteroatoms. The molecule has 0 aromatic heterocycles. The highest BCUT2D eigenvalue weighted by atomic mass is 19.1. The summed E-state index contributed by atoms with van der Waals surface area (Å²) in [7, 11) is 0. The molecule has 0 amide bonds. The van der Waals surface area contributed by atoms with Gasteiger partial charge in [-0.15, -0.1) is 0 Å². The van der Waals surface area contributed by atoms with Gasteiger partial charge in [0.25, 0.3) is 0 Å². The summed E-state index contributed by atoms with van der Waals surface area (Å²) >= 11 is 0. The van der Waals surface area contributed by atoms with Crippen molar-refractivity contribution in [1.29, 1.82) is 5.26 Å². The Morgan fingerprint density at radius 2 is 2.33 bits per heavy atom. The lowest BCUT2D eigenvalue weighted by molar-refractivity contribution is 0.338. The molecule has 0 spiro atoms. The summed E-state index contributed by atoms with van der Waals surface area (Å²) in [5, 5.41) is 8.81. The number of ether oxygens (including phenoxy) is 1. The van der Waals surface area contributed by atoms with Gasteiger partial charge in [-0.1, -0.05) is 6.07 Å². The van der Waals surface area contributed by atoms with E-state index < -0.39 is 12.6 Å². The van der Waals surface area contributed by atoms with Crippen LogP contribution in [0.5, 0.6) is 5.75 Å². The van der Waals surface area contributed by atoms with E-state index in [4.69, 9.17) is 10.00 Å². The van der Waals surface area contributed by atoms with Crippen molar-refractivity contribution in [2.24, 2.45) is 0 Å². The molecule has 0 bridgehead atoms. The van der Waals surface area contributed by atoms with Crippen molar-refractivity contribution < 1.29 is 9.13 Å². The minimum absolute atomic E-state index is 0.406. The summed E-state index contributed by atoms with van der Waals surface area (Å²) in [6.07, 6.45) is 0. The monoisotopic (exact) mass is 206 g/mol. The van der Waals surface area contributed by atoms with E-state index in [1.165, 1.54) is 0 Å². The SMILES string of the molecule is [CH2]C(CF)c1ccc(C#N)c(OCC)c1. The van der Waals surface area contributed by atoms with Gasteiger partial charge in [-0.2, -0.15) is 5.26 Å². The summed E-state index contributed by atoms with van der Waals surface area (Å²) in [5.74, 6) is 0.0940. The summed E-state index contributed by atoms with van der Waals surface area (Å²) < 4.78 is 17.7. The highest BCUT2D eigenvalue weighted by molar-refractivity contribution is 5.46. The van der Waals surface area contributed by atoms with Crippen molar-refractivity contribution in [3.8, 4) is 11.8 Å². The third-order valence-corrected chi connectivity index (χ3v) is 2.08. The van der Waals surface area contributed by atoms with Gasteiger partial charge in [-0.25, -0.2) is 0 Å². The topological polar surface area (TPSA) is 33.0 Å². The third kappa shape index (κ3) is 2.69. The molecule has 2 nitrogen and oxygen atoms in total.